The Morgan fingerprint density at radius 1 is 0.692 bits per heavy atom. The van der Waals surface area contributed by atoms with Crippen LogP contribution in [0.2, 0.25) is 0 Å². The highest BCUT2D eigenvalue weighted by atomic mass is 127. The highest BCUT2D eigenvalue weighted by Gasteiger charge is 2.07. The number of quaternary nitrogens is 1. The lowest BCUT2D eigenvalue weighted by atomic mass is 10.0. The van der Waals surface area contributed by atoms with Crippen molar-refractivity contribution in [3.05, 3.63) is 0 Å². The minimum absolute atomic E-state index is 0. The highest BCUT2D eigenvalue weighted by Crippen LogP contribution is 2.13. The number of rotatable bonds is 18. The molecule has 0 aliphatic rings. The van der Waals surface area contributed by atoms with Gasteiger partial charge in [0.25, 0.3) is 0 Å². The summed E-state index contributed by atoms with van der Waals surface area (Å²) in [5, 5.41) is 0. The van der Waals surface area contributed by atoms with Crippen LogP contribution in [0.3, 0.4) is 0 Å². The normalized spacial score (nSPS) is 11.2. The van der Waals surface area contributed by atoms with Gasteiger partial charge in [-0.15, -0.1) is 0 Å². The zero-order chi connectivity index (χ0) is 18.8. The summed E-state index contributed by atoms with van der Waals surface area (Å²) in [4.78, 5) is 11.6. The summed E-state index contributed by atoms with van der Waals surface area (Å²) < 4.78 is 6.22. The number of hydrogen-bond donors (Lipinski definition) is 0. The topological polar surface area (TPSA) is 26.3 Å². The van der Waals surface area contributed by atoms with Gasteiger partial charge in [0.05, 0.1) is 34.3 Å². The standard InChI is InChI=1S/C22H46NO2.HI/c1-5-6-7-8-9-10-11-12-13-14-15-16-17-19-22(24)25-21-18-20-23(2,3)4;/h5-21H2,1-4H3;1H/q+1;/p-1. The van der Waals surface area contributed by atoms with Gasteiger partial charge in [0.1, 0.15) is 0 Å². The number of ether oxygens (including phenoxy) is 1. The van der Waals surface area contributed by atoms with E-state index in [1.165, 1.54) is 77.0 Å². The summed E-state index contributed by atoms with van der Waals surface area (Å²) in [6, 6.07) is 0. The molecule has 0 rings (SSSR count). The molecule has 0 spiro atoms. The molecular formula is C22H46INO2. The van der Waals surface area contributed by atoms with Gasteiger partial charge < -0.3 is 33.2 Å². The van der Waals surface area contributed by atoms with Crippen molar-refractivity contribution in [3.63, 3.8) is 0 Å². The molecule has 0 aromatic carbocycles. The molecule has 0 unspecified atom stereocenters. The molecule has 0 aromatic heterocycles. The van der Waals surface area contributed by atoms with E-state index in [2.05, 4.69) is 28.1 Å². The third-order valence-corrected chi connectivity index (χ3v) is 4.72. The van der Waals surface area contributed by atoms with Crippen LogP contribution in [-0.4, -0.2) is 44.7 Å². The Hall–Kier alpha value is 0.160. The van der Waals surface area contributed by atoms with Gasteiger partial charge in [0.2, 0.25) is 0 Å². The molecule has 0 saturated heterocycles. The van der Waals surface area contributed by atoms with Crippen molar-refractivity contribution in [3.8, 4) is 0 Å². The molecule has 4 heteroatoms. The van der Waals surface area contributed by atoms with E-state index in [-0.39, 0.29) is 29.9 Å². The molecule has 0 saturated carbocycles. The minimum atomic E-state index is -0.00974. The van der Waals surface area contributed by atoms with Gasteiger partial charge in [-0.05, 0) is 6.42 Å². The van der Waals surface area contributed by atoms with Crippen molar-refractivity contribution in [2.75, 3.05) is 34.3 Å². The van der Waals surface area contributed by atoms with Crippen molar-refractivity contribution in [1.82, 2.24) is 0 Å². The van der Waals surface area contributed by atoms with Crippen LogP contribution in [0.4, 0.5) is 0 Å². The molecule has 0 aliphatic carbocycles. The quantitative estimate of drug-likeness (QED) is 0.130. The minimum Gasteiger partial charge on any atom is -1.00 e. The maximum atomic E-state index is 11.6. The van der Waals surface area contributed by atoms with Gasteiger partial charge in [0.15, 0.2) is 0 Å². The zero-order valence-electron chi connectivity index (χ0n) is 18.2. The Morgan fingerprint density at radius 2 is 1.12 bits per heavy atom. The van der Waals surface area contributed by atoms with E-state index in [1.807, 2.05) is 0 Å². The van der Waals surface area contributed by atoms with E-state index in [1.54, 1.807) is 0 Å². The van der Waals surface area contributed by atoms with Crippen LogP contribution in [0.25, 0.3) is 0 Å². The maximum absolute atomic E-state index is 11.6. The number of hydrogen-bond acceptors (Lipinski definition) is 2. The number of nitrogens with zero attached hydrogens (tertiary/aromatic N) is 1. The Balaban J connectivity index is 0. The molecule has 158 valence electrons. The number of esters is 1. The van der Waals surface area contributed by atoms with Crippen molar-refractivity contribution in [2.24, 2.45) is 0 Å². The fourth-order valence-corrected chi connectivity index (χ4v) is 3.08. The van der Waals surface area contributed by atoms with E-state index >= 15 is 0 Å². The van der Waals surface area contributed by atoms with Gasteiger partial charge in [-0.3, -0.25) is 4.79 Å². The lowest BCUT2D eigenvalue weighted by Gasteiger charge is -2.23. The van der Waals surface area contributed by atoms with Crippen molar-refractivity contribution in [1.29, 1.82) is 0 Å². The van der Waals surface area contributed by atoms with Crippen molar-refractivity contribution < 1.29 is 38.0 Å². The molecule has 0 atom stereocenters. The predicted octanol–water partition coefficient (Wildman–Crippen LogP) is 3.11. The van der Waals surface area contributed by atoms with Crippen LogP contribution in [0.1, 0.15) is 103 Å². The SMILES string of the molecule is CCCCCCCCCCCCCCCC(=O)OCCC[N+](C)(C)C.[I-]. The zero-order valence-corrected chi connectivity index (χ0v) is 20.3. The third kappa shape index (κ3) is 24.2. The Bertz CT molecular complexity index is 303. The van der Waals surface area contributed by atoms with Gasteiger partial charge >= 0.3 is 5.97 Å². The molecule has 0 heterocycles. The second kappa shape index (κ2) is 19.9. The Morgan fingerprint density at radius 3 is 1.54 bits per heavy atom. The first-order valence-electron chi connectivity index (χ1n) is 10.9. The smallest absolute Gasteiger partial charge is 0.305 e. The van der Waals surface area contributed by atoms with Crippen LogP contribution in [0, 0.1) is 0 Å². The van der Waals surface area contributed by atoms with E-state index in [9.17, 15) is 4.79 Å². The summed E-state index contributed by atoms with van der Waals surface area (Å²) in [5.74, 6) is -0.00974. The van der Waals surface area contributed by atoms with Crippen LogP contribution in [-0.2, 0) is 9.53 Å². The van der Waals surface area contributed by atoms with E-state index in [4.69, 9.17) is 4.74 Å². The molecule has 0 aliphatic heterocycles. The average Bonchev–Trinajstić information content (AvgIpc) is 2.55. The molecule has 0 aromatic rings. The Labute approximate surface area is 181 Å². The molecule has 0 N–H and O–H groups in total. The summed E-state index contributed by atoms with van der Waals surface area (Å²) in [7, 11) is 6.49. The molecule has 0 fully saturated rings. The van der Waals surface area contributed by atoms with Crippen LogP contribution < -0.4 is 24.0 Å². The second-order valence-electron chi connectivity index (χ2n) is 8.58. The number of unbranched alkanes of at least 4 members (excludes halogenated alkanes) is 12. The second-order valence-corrected chi connectivity index (χ2v) is 8.58. The van der Waals surface area contributed by atoms with Crippen molar-refractivity contribution >= 4 is 5.97 Å². The largest absolute Gasteiger partial charge is 1.00 e. The molecule has 0 amide bonds. The summed E-state index contributed by atoms with van der Waals surface area (Å²) in [6.45, 7) is 3.90. The molecule has 26 heavy (non-hydrogen) atoms. The molecule has 0 bridgehead atoms. The highest BCUT2D eigenvalue weighted by molar-refractivity contribution is 5.69. The monoisotopic (exact) mass is 483 g/mol. The lowest BCUT2D eigenvalue weighted by Crippen LogP contribution is -3.00. The predicted molar refractivity (Wildman–Crippen MR) is 109 cm³/mol. The first-order valence-corrected chi connectivity index (χ1v) is 10.9. The van der Waals surface area contributed by atoms with Gasteiger partial charge in [-0.1, -0.05) is 84.0 Å². The fourth-order valence-electron chi connectivity index (χ4n) is 3.08. The summed E-state index contributed by atoms with van der Waals surface area (Å²) in [5.41, 5.74) is 0. The lowest BCUT2D eigenvalue weighted by molar-refractivity contribution is -0.870. The van der Waals surface area contributed by atoms with Crippen molar-refractivity contribution in [2.45, 2.75) is 103 Å². The number of carbonyl (C=O) groups is 1. The van der Waals surface area contributed by atoms with E-state index in [0.29, 0.717) is 13.0 Å². The first-order chi connectivity index (χ1) is 12.0. The molecule has 3 nitrogen and oxygen atoms in total. The molecule has 0 radical (unpaired) electrons. The number of carbonyl (C=O) groups excluding carboxylic acids is 1. The number of halogens is 1. The van der Waals surface area contributed by atoms with Gasteiger partial charge in [0, 0.05) is 12.8 Å². The van der Waals surface area contributed by atoms with Gasteiger partial charge in [-0.2, -0.15) is 0 Å². The van der Waals surface area contributed by atoms with E-state index < -0.39 is 0 Å². The Kier molecular flexibility index (Phi) is 21.7. The van der Waals surface area contributed by atoms with Crippen LogP contribution in [0.5, 0.6) is 0 Å². The third-order valence-electron chi connectivity index (χ3n) is 4.72. The fraction of sp³-hybridized carbons (Fsp3) is 0.955. The van der Waals surface area contributed by atoms with Crippen LogP contribution in [0.15, 0.2) is 0 Å². The van der Waals surface area contributed by atoms with Crippen LogP contribution >= 0.6 is 0 Å². The average molecular weight is 484 g/mol. The summed E-state index contributed by atoms with van der Waals surface area (Å²) >= 11 is 0. The molecular weight excluding hydrogens is 437 g/mol. The van der Waals surface area contributed by atoms with Gasteiger partial charge in [-0.25, -0.2) is 0 Å². The maximum Gasteiger partial charge on any atom is 0.305 e. The first kappa shape index (κ1) is 28.4. The summed E-state index contributed by atoms with van der Waals surface area (Å²) in [6.07, 6.45) is 18.9. The van der Waals surface area contributed by atoms with E-state index in [0.717, 1.165) is 23.9 Å².